The van der Waals surface area contributed by atoms with Crippen LogP contribution in [0.4, 0.5) is 4.79 Å². The maximum absolute atomic E-state index is 14.0. The first kappa shape index (κ1) is 35.6. The molecule has 43 heavy (non-hydrogen) atoms. The van der Waals surface area contributed by atoms with Crippen molar-refractivity contribution in [1.82, 2.24) is 20.0 Å². The van der Waals surface area contributed by atoms with Gasteiger partial charge >= 0.3 is 18.0 Å². The number of likely N-dealkylation sites (N-methyl/N-ethyl adjacent to an activating group) is 1. The van der Waals surface area contributed by atoms with Gasteiger partial charge in [0.1, 0.15) is 17.7 Å². The molecule has 240 valence electrons. The number of carbonyl (C=O) groups is 5. The fourth-order valence-electron chi connectivity index (χ4n) is 4.82. The summed E-state index contributed by atoms with van der Waals surface area (Å²) in [7, 11) is 1.48. The van der Waals surface area contributed by atoms with Crippen LogP contribution in [0.3, 0.4) is 0 Å². The molecule has 0 bridgehead atoms. The molecule has 0 aromatic heterocycles. The van der Waals surface area contributed by atoms with Gasteiger partial charge in [-0.1, -0.05) is 51.1 Å². The zero-order valence-electron chi connectivity index (χ0n) is 27.3. The Bertz CT molecular complexity index is 1130. The number of nitrogens with zero attached hydrogens (tertiary/aromatic N) is 3. The molecule has 0 saturated carbocycles. The van der Waals surface area contributed by atoms with Gasteiger partial charge in [-0.2, -0.15) is 0 Å². The number of ether oxygens (including phenoxy) is 2. The Labute approximate surface area is 256 Å². The van der Waals surface area contributed by atoms with Crippen molar-refractivity contribution in [3.05, 3.63) is 35.9 Å². The monoisotopic (exact) mass is 602 g/mol. The van der Waals surface area contributed by atoms with Crippen LogP contribution in [-0.2, 0) is 35.1 Å². The van der Waals surface area contributed by atoms with Crippen LogP contribution in [0.15, 0.2) is 30.3 Å². The molecule has 1 heterocycles. The minimum Gasteiger partial charge on any atom is -0.459 e. The Balaban J connectivity index is 2.22. The molecule has 4 amide bonds. The first-order valence-electron chi connectivity index (χ1n) is 15.0. The van der Waals surface area contributed by atoms with Gasteiger partial charge in [-0.25, -0.2) is 9.59 Å². The van der Waals surface area contributed by atoms with Crippen LogP contribution < -0.4 is 5.32 Å². The largest absolute Gasteiger partial charge is 0.459 e. The van der Waals surface area contributed by atoms with E-state index in [0.717, 1.165) is 12.0 Å². The Morgan fingerprint density at radius 3 is 2.23 bits per heavy atom. The quantitative estimate of drug-likeness (QED) is 0.321. The summed E-state index contributed by atoms with van der Waals surface area (Å²) < 4.78 is 10.4. The summed E-state index contributed by atoms with van der Waals surface area (Å²) in [6.45, 7) is 15.0. The molecule has 0 aliphatic carbocycles. The van der Waals surface area contributed by atoms with Crippen molar-refractivity contribution < 1.29 is 33.4 Å². The number of amides is 4. The van der Waals surface area contributed by atoms with Crippen LogP contribution in [-0.4, -0.2) is 101 Å². The second-order valence-corrected chi connectivity index (χ2v) is 13.1. The Morgan fingerprint density at radius 2 is 1.67 bits per heavy atom. The number of likely N-dealkylation sites (tertiary alicyclic amines) is 1. The summed E-state index contributed by atoms with van der Waals surface area (Å²) in [6, 6.07) is 7.52. The highest BCUT2D eigenvalue weighted by molar-refractivity contribution is 6.32. The van der Waals surface area contributed by atoms with Gasteiger partial charge in [-0.05, 0) is 64.9 Å². The number of benzene rings is 1. The normalized spacial score (nSPS) is 16.6. The van der Waals surface area contributed by atoms with Crippen molar-refractivity contribution >= 4 is 29.8 Å². The average molecular weight is 603 g/mol. The molecule has 1 N–H and O–H groups in total. The fraction of sp³-hybridized carbons (Fsp3) is 0.656. The number of carbonyl (C=O) groups excluding carboxylic acids is 5. The summed E-state index contributed by atoms with van der Waals surface area (Å²) in [6.07, 6.45) is 1.26. The summed E-state index contributed by atoms with van der Waals surface area (Å²) in [5.41, 5.74) is -0.359. The number of rotatable bonds is 10. The molecule has 3 atom stereocenters. The number of hydrogen-bond acceptors (Lipinski definition) is 7. The Hall–Kier alpha value is -3.63. The molecule has 1 aromatic rings. The number of esters is 1. The first-order valence-corrected chi connectivity index (χ1v) is 15.0. The van der Waals surface area contributed by atoms with Gasteiger partial charge < -0.3 is 24.6 Å². The van der Waals surface area contributed by atoms with Crippen LogP contribution >= 0.6 is 0 Å². The lowest BCUT2D eigenvalue weighted by Crippen LogP contribution is -2.60. The number of hydrogen-bond donors (Lipinski definition) is 1. The molecular weight excluding hydrogens is 552 g/mol. The lowest BCUT2D eigenvalue weighted by molar-refractivity contribution is -0.160. The molecule has 2 rings (SSSR count). The fourth-order valence-corrected chi connectivity index (χ4v) is 4.82. The predicted octanol–water partition coefficient (Wildman–Crippen LogP) is 3.40. The van der Waals surface area contributed by atoms with Crippen molar-refractivity contribution in [2.24, 2.45) is 5.41 Å². The summed E-state index contributed by atoms with van der Waals surface area (Å²) >= 11 is 0. The van der Waals surface area contributed by atoms with E-state index in [1.165, 1.54) is 16.8 Å². The van der Waals surface area contributed by atoms with Gasteiger partial charge in [-0.3, -0.25) is 19.3 Å². The lowest BCUT2D eigenvalue weighted by Gasteiger charge is -2.38. The molecule has 11 nitrogen and oxygen atoms in total. The van der Waals surface area contributed by atoms with E-state index in [2.05, 4.69) is 5.32 Å². The van der Waals surface area contributed by atoms with E-state index in [9.17, 15) is 24.0 Å². The minimum absolute atomic E-state index is 0.0830. The highest BCUT2D eigenvalue weighted by atomic mass is 16.6. The molecule has 0 radical (unpaired) electrons. The van der Waals surface area contributed by atoms with E-state index in [4.69, 9.17) is 9.47 Å². The zero-order chi connectivity index (χ0) is 32.5. The van der Waals surface area contributed by atoms with E-state index in [0.29, 0.717) is 19.4 Å². The van der Waals surface area contributed by atoms with Gasteiger partial charge in [0.2, 0.25) is 11.8 Å². The Morgan fingerprint density at radius 1 is 1.05 bits per heavy atom. The highest BCUT2D eigenvalue weighted by Crippen LogP contribution is 2.27. The molecule has 1 aliphatic heterocycles. The molecule has 1 aromatic carbocycles. The second-order valence-electron chi connectivity index (χ2n) is 13.1. The summed E-state index contributed by atoms with van der Waals surface area (Å²) in [4.78, 5) is 69.7. The Kier molecular flexibility index (Phi) is 12.6. The molecule has 1 aliphatic rings. The van der Waals surface area contributed by atoms with Crippen molar-refractivity contribution in [3.8, 4) is 0 Å². The van der Waals surface area contributed by atoms with Gasteiger partial charge in [0.15, 0.2) is 0 Å². The predicted molar refractivity (Wildman–Crippen MR) is 163 cm³/mol. The van der Waals surface area contributed by atoms with Crippen LogP contribution in [0.2, 0.25) is 0 Å². The maximum Gasteiger partial charge on any atom is 0.410 e. The van der Waals surface area contributed by atoms with Crippen molar-refractivity contribution in [3.63, 3.8) is 0 Å². The third-order valence-electron chi connectivity index (χ3n) is 7.38. The first-order chi connectivity index (χ1) is 20.0. The molecule has 11 heteroatoms. The van der Waals surface area contributed by atoms with Crippen molar-refractivity contribution in [2.75, 3.05) is 33.3 Å². The second kappa shape index (κ2) is 15.2. The maximum atomic E-state index is 14.0. The molecule has 0 spiro atoms. The topological polar surface area (TPSA) is 126 Å². The molecule has 0 unspecified atom stereocenters. The third-order valence-corrected chi connectivity index (χ3v) is 7.38. The van der Waals surface area contributed by atoms with Gasteiger partial charge in [0.25, 0.3) is 0 Å². The average Bonchev–Trinajstić information content (AvgIpc) is 3.39. The van der Waals surface area contributed by atoms with Crippen LogP contribution in [0.1, 0.15) is 73.8 Å². The van der Waals surface area contributed by atoms with Crippen LogP contribution in [0.5, 0.6) is 0 Å². The number of nitrogens with one attached hydrogen (secondary N) is 1. The molecule has 1 saturated heterocycles. The zero-order valence-corrected chi connectivity index (χ0v) is 27.3. The van der Waals surface area contributed by atoms with Crippen LogP contribution in [0.25, 0.3) is 0 Å². The molecular formula is C32H50N4O7. The smallest absolute Gasteiger partial charge is 0.410 e. The third kappa shape index (κ3) is 10.5. The van der Waals surface area contributed by atoms with Crippen molar-refractivity contribution in [1.29, 1.82) is 0 Å². The van der Waals surface area contributed by atoms with E-state index < -0.39 is 47.0 Å². The minimum atomic E-state index is -0.922. The summed E-state index contributed by atoms with van der Waals surface area (Å²) in [5.74, 6) is -2.42. The molecule has 1 fully saturated rings. The van der Waals surface area contributed by atoms with Crippen molar-refractivity contribution in [2.45, 2.75) is 98.4 Å². The van der Waals surface area contributed by atoms with Crippen LogP contribution in [0, 0.1) is 5.41 Å². The van der Waals surface area contributed by atoms with E-state index in [1.807, 2.05) is 51.1 Å². The highest BCUT2D eigenvalue weighted by Gasteiger charge is 2.42. The SMILES string of the molecule is CCOC(=O)C(=O)N(CCc1ccccc1)C[C@@H]1CCCN1C(=O)[C@@H](NC(=O)[C@H](C)N(C)C(=O)OC(C)(C)C)C(C)(C)C. The lowest BCUT2D eigenvalue weighted by atomic mass is 9.85. The van der Waals surface area contributed by atoms with Gasteiger partial charge in [-0.15, -0.1) is 0 Å². The summed E-state index contributed by atoms with van der Waals surface area (Å²) in [5, 5.41) is 2.88. The van der Waals surface area contributed by atoms with E-state index in [-0.39, 0.29) is 31.6 Å². The van der Waals surface area contributed by atoms with E-state index >= 15 is 0 Å². The van der Waals surface area contributed by atoms with E-state index in [1.54, 1.807) is 39.5 Å². The standard InChI is InChI=1S/C32H50N4O7/c1-10-42-29(40)28(39)35(20-18-23-15-12-11-13-16-23)21-24-17-14-19-36(24)27(38)25(31(3,4)5)33-26(37)22(2)34(9)30(41)43-32(6,7)8/h11-13,15-16,22,24-25H,10,14,17-21H2,1-9H3,(H,33,37)/t22-,24-,25+/m0/s1. The van der Waals surface area contributed by atoms with Gasteiger partial charge in [0.05, 0.1) is 6.61 Å². The van der Waals surface area contributed by atoms with Gasteiger partial charge in [0, 0.05) is 32.7 Å².